The number of ether oxygens (including phenoxy) is 1. The molecule has 6 rings (SSSR count). The Bertz CT molecular complexity index is 1420. The smallest absolute Gasteiger partial charge is 0.274 e. The van der Waals surface area contributed by atoms with E-state index in [9.17, 15) is 9.59 Å². The van der Waals surface area contributed by atoms with Gasteiger partial charge >= 0.3 is 0 Å². The predicted octanol–water partition coefficient (Wildman–Crippen LogP) is 4.39. The number of nitrogens with zero attached hydrogens (tertiary/aromatic N) is 3. The number of hydrogen-bond acceptors (Lipinski definition) is 4. The Labute approximate surface area is 191 Å². The Morgan fingerprint density at radius 3 is 2.48 bits per heavy atom. The molecule has 168 valence electrons. The standard InChI is InChI=1S/C26H26N4O3/c1-33-23-12-21-20(11-19(23)26(32)29-14-17-9-5-6-10-18(17)15-29)28-25(31)22-13-27-24(30(21)22)16-7-3-2-4-8-16/h5-6,9-13,16H,2-4,7-8,14-15H2,1H3,(H,28,31). The molecule has 0 saturated heterocycles. The number of aromatic nitrogens is 3. The van der Waals surface area contributed by atoms with Gasteiger partial charge in [0.25, 0.3) is 11.5 Å². The van der Waals surface area contributed by atoms with E-state index in [4.69, 9.17) is 4.74 Å². The fraction of sp³-hybridized carbons (Fsp3) is 0.346. The highest BCUT2D eigenvalue weighted by atomic mass is 16.5. The zero-order valence-corrected chi connectivity index (χ0v) is 18.6. The molecular weight excluding hydrogens is 416 g/mol. The summed E-state index contributed by atoms with van der Waals surface area (Å²) in [6, 6.07) is 11.7. The third-order valence-corrected chi connectivity index (χ3v) is 7.16. The van der Waals surface area contributed by atoms with Crippen molar-refractivity contribution in [3.05, 3.63) is 75.5 Å². The second-order valence-corrected chi connectivity index (χ2v) is 9.13. The highest BCUT2D eigenvalue weighted by Gasteiger charge is 2.28. The number of amides is 1. The first-order valence-corrected chi connectivity index (χ1v) is 11.6. The average molecular weight is 443 g/mol. The maximum absolute atomic E-state index is 13.5. The van der Waals surface area contributed by atoms with Gasteiger partial charge in [-0.1, -0.05) is 43.5 Å². The van der Waals surface area contributed by atoms with Crippen molar-refractivity contribution < 1.29 is 9.53 Å². The molecule has 7 nitrogen and oxygen atoms in total. The van der Waals surface area contributed by atoms with Gasteiger partial charge in [-0.2, -0.15) is 0 Å². The van der Waals surface area contributed by atoms with Crippen LogP contribution >= 0.6 is 0 Å². The van der Waals surface area contributed by atoms with E-state index in [-0.39, 0.29) is 11.5 Å². The van der Waals surface area contributed by atoms with Crippen molar-refractivity contribution in [3.63, 3.8) is 0 Å². The van der Waals surface area contributed by atoms with Crippen molar-refractivity contribution in [2.45, 2.75) is 51.1 Å². The van der Waals surface area contributed by atoms with Gasteiger partial charge in [0.15, 0.2) is 0 Å². The topological polar surface area (TPSA) is 79.7 Å². The number of rotatable bonds is 3. The zero-order valence-electron chi connectivity index (χ0n) is 18.6. The van der Waals surface area contributed by atoms with Crippen LogP contribution in [0, 0.1) is 0 Å². The minimum atomic E-state index is -0.200. The van der Waals surface area contributed by atoms with E-state index in [2.05, 4.69) is 22.1 Å². The Balaban J connectivity index is 1.47. The molecule has 1 aliphatic heterocycles. The fourth-order valence-corrected chi connectivity index (χ4v) is 5.45. The highest BCUT2D eigenvalue weighted by Crippen LogP contribution is 2.34. The molecule has 2 aliphatic rings. The molecule has 7 heteroatoms. The summed E-state index contributed by atoms with van der Waals surface area (Å²) < 4.78 is 7.64. The number of carbonyl (C=O) groups excluding carboxylic acids is 1. The number of imidazole rings is 1. The van der Waals surface area contributed by atoms with Crippen molar-refractivity contribution >= 4 is 22.5 Å². The molecule has 33 heavy (non-hydrogen) atoms. The maximum Gasteiger partial charge on any atom is 0.274 e. The number of nitrogens with one attached hydrogen (secondary N) is 1. The first-order chi connectivity index (χ1) is 16.1. The van der Waals surface area contributed by atoms with Crippen LogP contribution in [0.1, 0.15) is 65.3 Å². The SMILES string of the molecule is COc1cc2c(cc1C(=O)N1Cc3ccccc3C1)[nH]c(=O)c1cnc(C3CCCCC3)n12. The lowest BCUT2D eigenvalue weighted by atomic mass is 9.88. The van der Waals surface area contributed by atoms with Gasteiger partial charge in [-0.3, -0.25) is 14.0 Å². The monoisotopic (exact) mass is 442 g/mol. The molecule has 2 aromatic carbocycles. The molecule has 1 amide bonds. The zero-order chi connectivity index (χ0) is 22.5. The average Bonchev–Trinajstić information content (AvgIpc) is 3.49. The van der Waals surface area contributed by atoms with Gasteiger partial charge < -0.3 is 14.6 Å². The number of carbonyl (C=O) groups is 1. The number of H-pyrrole nitrogens is 1. The second kappa shape index (κ2) is 7.76. The predicted molar refractivity (Wildman–Crippen MR) is 126 cm³/mol. The van der Waals surface area contributed by atoms with Gasteiger partial charge in [-0.15, -0.1) is 0 Å². The van der Waals surface area contributed by atoms with Crippen LogP contribution in [-0.2, 0) is 13.1 Å². The van der Waals surface area contributed by atoms with Crippen LogP contribution in [0.25, 0.3) is 16.6 Å². The number of methoxy groups -OCH3 is 1. The molecular formula is C26H26N4O3. The highest BCUT2D eigenvalue weighted by molar-refractivity contribution is 6.01. The van der Waals surface area contributed by atoms with Crippen molar-refractivity contribution in [1.29, 1.82) is 0 Å². The van der Waals surface area contributed by atoms with E-state index in [1.54, 1.807) is 19.4 Å². The summed E-state index contributed by atoms with van der Waals surface area (Å²) in [4.78, 5) is 35.8. The normalized spacial score (nSPS) is 16.5. The van der Waals surface area contributed by atoms with Gasteiger partial charge in [-0.05, 0) is 30.0 Å². The van der Waals surface area contributed by atoms with Crippen LogP contribution in [0.4, 0.5) is 0 Å². The lowest BCUT2D eigenvalue weighted by molar-refractivity contribution is 0.0748. The molecule has 1 fully saturated rings. The van der Waals surface area contributed by atoms with Crippen LogP contribution < -0.4 is 10.3 Å². The first-order valence-electron chi connectivity index (χ1n) is 11.6. The van der Waals surface area contributed by atoms with Crippen LogP contribution in [0.2, 0.25) is 0 Å². The quantitative estimate of drug-likeness (QED) is 0.510. The molecule has 0 spiro atoms. The molecule has 1 N–H and O–H groups in total. The summed E-state index contributed by atoms with van der Waals surface area (Å²) in [7, 11) is 1.58. The minimum absolute atomic E-state index is 0.107. The van der Waals surface area contributed by atoms with Crippen molar-refractivity contribution in [2.75, 3.05) is 7.11 Å². The maximum atomic E-state index is 13.5. The summed E-state index contributed by atoms with van der Waals surface area (Å²) >= 11 is 0. The molecule has 0 radical (unpaired) electrons. The van der Waals surface area contributed by atoms with Crippen LogP contribution in [0.15, 0.2) is 47.4 Å². The van der Waals surface area contributed by atoms with Gasteiger partial charge in [0.1, 0.15) is 17.1 Å². The second-order valence-electron chi connectivity index (χ2n) is 9.13. The van der Waals surface area contributed by atoms with Crippen molar-refractivity contribution in [2.24, 2.45) is 0 Å². The van der Waals surface area contributed by atoms with Gasteiger partial charge in [0, 0.05) is 25.1 Å². The van der Waals surface area contributed by atoms with E-state index in [0.29, 0.717) is 41.4 Å². The lowest BCUT2D eigenvalue weighted by Gasteiger charge is -2.21. The Morgan fingerprint density at radius 2 is 1.79 bits per heavy atom. The summed E-state index contributed by atoms with van der Waals surface area (Å²) in [5.41, 5.74) is 4.53. The van der Waals surface area contributed by atoms with Crippen LogP contribution in [0.5, 0.6) is 5.75 Å². The lowest BCUT2D eigenvalue weighted by Crippen LogP contribution is -2.26. The summed E-state index contributed by atoms with van der Waals surface area (Å²) in [5.74, 6) is 1.66. The number of hydrogen-bond donors (Lipinski definition) is 1. The minimum Gasteiger partial charge on any atom is -0.496 e. The Hall–Kier alpha value is -3.61. The van der Waals surface area contributed by atoms with E-state index in [1.807, 2.05) is 27.5 Å². The third-order valence-electron chi connectivity index (χ3n) is 7.16. The van der Waals surface area contributed by atoms with Crippen molar-refractivity contribution in [1.82, 2.24) is 19.3 Å². The largest absolute Gasteiger partial charge is 0.496 e. The van der Waals surface area contributed by atoms with Gasteiger partial charge in [0.05, 0.1) is 29.9 Å². The van der Waals surface area contributed by atoms with Gasteiger partial charge in [0.2, 0.25) is 0 Å². The number of aromatic amines is 1. The third kappa shape index (κ3) is 3.22. The molecule has 1 aliphatic carbocycles. The Morgan fingerprint density at radius 1 is 1.06 bits per heavy atom. The van der Waals surface area contributed by atoms with Crippen LogP contribution in [0.3, 0.4) is 0 Å². The van der Waals surface area contributed by atoms with Crippen molar-refractivity contribution in [3.8, 4) is 5.75 Å². The Kier molecular flexibility index (Phi) is 4.71. The van der Waals surface area contributed by atoms with Gasteiger partial charge in [-0.25, -0.2) is 4.98 Å². The number of fused-ring (bicyclic) bond motifs is 4. The molecule has 0 atom stereocenters. The molecule has 0 bridgehead atoms. The summed E-state index contributed by atoms with van der Waals surface area (Å²) in [6.45, 7) is 1.14. The number of benzene rings is 2. The first kappa shape index (κ1) is 20.0. The summed E-state index contributed by atoms with van der Waals surface area (Å²) in [6.07, 6.45) is 7.44. The molecule has 2 aromatic heterocycles. The molecule has 3 heterocycles. The molecule has 0 unspecified atom stereocenters. The molecule has 1 saturated carbocycles. The van der Waals surface area contributed by atoms with E-state index < -0.39 is 0 Å². The summed E-state index contributed by atoms with van der Waals surface area (Å²) in [5, 5.41) is 0. The fourth-order valence-electron chi connectivity index (χ4n) is 5.45. The van der Waals surface area contributed by atoms with Crippen LogP contribution in [-0.4, -0.2) is 32.3 Å². The molecule has 4 aromatic rings. The van der Waals surface area contributed by atoms with E-state index in [0.717, 1.165) is 35.3 Å². The van der Waals surface area contributed by atoms with E-state index in [1.165, 1.54) is 19.3 Å². The van der Waals surface area contributed by atoms with E-state index >= 15 is 0 Å².